The Balaban J connectivity index is 1.27. The number of fused-ring (bicyclic) bond motifs is 17. The van der Waals surface area contributed by atoms with E-state index in [9.17, 15) is 0 Å². The molecule has 0 radical (unpaired) electrons. The summed E-state index contributed by atoms with van der Waals surface area (Å²) in [5, 5.41) is 15.9. The summed E-state index contributed by atoms with van der Waals surface area (Å²) in [4.78, 5) is 10.9. The Morgan fingerprint density at radius 2 is 0.963 bits per heavy atom. The number of para-hydroxylation sites is 3. The first-order valence-electron chi connectivity index (χ1n) is 18.5. The second-order valence-corrected chi connectivity index (χ2v) is 14.5. The standard InChI is InChI=1S/C50H28N4/c1-2-14-31-28-32(25-24-29(31)12-1)45-38-18-7-9-22-41(38)51-50(52-45)53-42-23-10-8-19-39(42)44-48(53)35-17-6-5-16-34(35)43-40-21-11-20-36-37-27-26-30-13-3-4-15-33(30)46(37)54(47(36)40)49(43)44/h1-28H. The number of rotatable bonds is 2. The smallest absolute Gasteiger partial charge is 0.235 e. The van der Waals surface area contributed by atoms with Crippen LogP contribution >= 0.6 is 0 Å². The van der Waals surface area contributed by atoms with Gasteiger partial charge in [0.15, 0.2) is 0 Å². The van der Waals surface area contributed by atoms with E-state index in [1.165, 1.54) is 81.2 Å². The Morgan fingerprint density at radius 1 is 0.352 bits per heavy atom. The maximum Gasteiger partial charge on any atom is 0.235 e. The lowest BCUT2D eigenvalue weighted by Crippen LogP contribution is -2.04. The van der Waals surface area contributed by atoms with Gasteiger partial charge < -0.3 is 4.40 Å². The number of hydrogen-bond donors (Lipinski definition) is 0. The van der Waals surface area contributed by atoms with Crippen LogP contribution in [0.1, 0.15) is 0 Å². The zero-order valence-corrected chi connectivity index (χ0v) is 29.0. The highest BCUT2D eigenvalue weighted by molar-refractivity contribution is 6.40. The molecule has 0 saturated carbocycles. The summed E-state index contributed by atoms with van der Waals surface area (Å²) in [6.45, 7) is 0. The summed E-state index contributed by atoms with van der Waals surface area (Å²) in [6, 6.07) is 61.5. The van der Waals surface area contributed by atoms with Crippen molar-refractivity contribution >= 4 is 103 Å². The SMILES string of the molecule is c1ccc2cc(-c3nc(-n4c5ccccc5c5c4c4ccccc4c4c6cccc7c8ccc9ccccc9c8n(c76)c45)nc4ccccc34)ccc2c1. The first kappa shape index (κ1) is 28.3. The molecule has 0 aliphatic heterocycles. The van der Waals surface area contributed by atoms with E-state index in [-0.39, 0.29) is 0 Å². The van der Waals surface area contributed by atoms with Crippen molar-refractivity contribution in [1.29, 1.82) is 0 Å². The first-order chi connectivity index (χ1) is 26.8. The molecular formula is C50H28N4. The molecule has 9 aromatic carbocycles. The van der Waals surface area contributed by atoms with Crippen LogP contribution in [0.15, 0.2) is 170 Å². The highest BCUT2D eigenvalue weighted by Crippen LogP contribution is 2.49. The van der Waals surface area contributed by atoms with Crippen LogP contribution in [-0.4, -0.2) is 18.9 Å². The number of nitrogens with zero attached hydrogens (tertiary/aromatic N) is 4. The topological polar surface area (TPSA) is 35.1 Å². The first-order valence-corrected chi connectivity index (χ1v) is 18.5. The van der Waals surface area contributed by atoms with Gasteiger partial charge in [-0.3, -0.25) is 4.57 Å². The van der Waals surface area contributed by atoms with Crippen LogP contribution in [0.2, 0.25) is 0 Å². The molecule has 0 aliphatic rings. The maximum absolute atomic E-state index is 5.53. The van der Waals surface area contributed by atoms with Gasteiger partial charge in [0.05, 0.1) is 38.8 Å². The van der Waals surface area contributed by atoms with E-state index in [1.54, 1.807) is 0 Å². The van der Waals surface area contributed by atoms with Gasteiger partial charge in [0.1, 0.15) is 0 Å². The van der Waals surface area contributed by atoms with Gasteiger partial charge in [0.2, 0.25) is 5.95 Å². The number of benzene rings is 9. The molecule has 0 amide bonds. The summed E-state index contributed by atoms with van der Waals surface area (Å²) in [6.07, 6.45) is 0. The lowest BCUT2D eigenvalue weighted by atomic mass is 9.98. The van der Waals surface area contributed by atoms with Gasteiger partial charge in [-0.05, 0) is 39.7 Å². The Bertz CT molecular complexity index is 3740. The molecule has 0 unspecified atom stereocenters. The van der Waals surface area contributed by atoms with E-state index in [2.05, 4.69) is 179 Å². The van der Waals surface area contributed by atoms with E-state index in [0.29, 0.717) is 5.95 Å². The summed E-state index contributed by atoms with van der Waals surface area (Å²) in [5.74, 6) is 0.664. The van der Waals surface area contributed by atoms with Crippen LogP contribution in [0.5, 0.6) is 0 Å². The predicted octanol–water partition coefficient (Wildman–Crippen LogP) is 13.0. The lowest BCUT2D eigenvalue weighted by Gasteiger charge is -2.13. The second-order valence-electron chi connectivity index (χ2n) is 14.5. The van der Waals surface area contributed by atoms with Crippen molar-refractivity contribution in [3.63, 3.8) is 0 Å². The van der Waals surface area contributed by atoms with Gasteiger partial charge in [-0.2, -0.15) is 0 Å². The van der Waals surface area contributed by atoms with E-state index in [0.717, 1.165) is 33.2 Å². The van der Waals surface area contributed by atoms with Crippen LogP contribution in [0.3, 0.4) is 0 Å². The molecule has 0 N–H and O–H groups in total. The van der Waals surface area contributed by atoms with E-state index < -0.39 is 0 Å². The van der Waals surface area contributed by atoms with Crippen molar-refractivity contribution < 1.29 is 0 Å². The van der Waals surface area contributed by atoms with E-state index >= 15 is 0 Å². The molecule has 0 bridgehead atoms. The number of hydrogen-bond acceptors (Lipinski definition) is 2. The molecule has 4 nitrogen and oxygen atoms in total. The average Bonchev–Trinajstić information content (AvgIpc) is 3.89. The minimum Gasteiger partial charge on any atom is -0.307 e. The third-order valence-corrected chi connectivity index (χ3v) is 11.8. The second kappa shape index (κ2) is 10.2. The van der Waals surface area contributed by atoms with Gasteiger partial charge in [-0.15, -0.1) is 0 Å². The minimum absolute atomic E-state index is 0.664. The molecule has 0 atom stereocenters. The zero-order valence-electron chi connectivity index (χ0n) is 29.0. The van der Waals surface area contributed by atoms with Crippen LogP contribution < -0.4 is 0 Å². The Hall–Kier alpha value is -7.30. The van der Waals surface area contributed by atoms with Crippen LogP contribution in [-0.2, 0) is 0 Å². The molecule has 4 heterocycles. The van der Waals surface area contributed by atoms with Crippen molar-refractivity contribution in [2.75, 3.05) is 0 Å². The van der Waals surface area contributed by atoms with Gasteiger partial charge in [0, 0.05) is 54.0 Å². The Morgan fingerprint density at radius 3 is 1.85 bits per heavy atom. The van der Waals surface area contributed by atoms with E-state index in [1.807, 2.05) is 0 Å². The van der Waals surface area contributed by atoms with Crippen LogP contribution in [0, 0.1) is 0 Å². The average molecular weight is 685 g/mol. The molecule has 54 heavy (non-hydrogen) atoms. The fourth-order valence-corrected chi connectivity index (χ4v) is 9.57. The number of aromatic nitrogens is 4. The highest BCUT2D eigenvalue weighted by Gasteiger charge is 2.27. The summed E-state index contributed by atoms with van der Waals surface area (Å²) in [7, 11) is 0. The van der Waals surface area contributed by atoms with Crippen molar-refractivity contribution in [1.82, 2.24) is 18.9 Å². The molecule has 0 spiro atoms. The molecular weight excluding hydrogens is 657 g/mol. The molecule has 4 aromatic heterocycles. The van der Waals surface area contributed by atoms with Gasteiger partial charge >= 0.3 is 0 Å². The van der Waals surface area contributed by atoms with Crippen molar-refractivity contribution in [3.05, 3.63) is 170 Å². The van der Waals surface area contributed by atoms with Crippen molar-refractivity contribution in [2.45, 2.75) is 0 Å². The Labute approximate surface area is 308 Å². The zero-order chi connectivity index (χ0) is 35.1. The fourth-order valence-electron chi connectivity index (χ4n) is 9.57. The lowest BCUT2D eigenvalue weighted by molar-refractivity contribution is 1.02. The molecule has 13 rings (SSSR count). The molecule has 248 valence electrons. The van der Waals surface area contributed by atoms with Gasteiger partial charge in [0.25, 0.3) is 0 Å². The minimum atomic E-state index is 0.664. The molecule has 0 aliphatic carbocycles. The predicted molar refractivity (Wildman–Crippen MR) is 226 cm³/mol. The Kier molecular flexibility index (Phi) is 5.34. The summed E-state index contributed by atoms with van der Waals surface area (Å²) < 4.78 is 4.90. The molecule has 0 saturated heterocycles. The third kappa shape index (κ3) is 3.52. The molecule has 4 heteroatoms. The van der Waals surface area contributed by atoms with Crippen LogP contribution in [0.25, 0.3) is 120 Å². The van der Waals surface area contributed by atoms with E-state index in [4.69, 9.17) is 9.97 Å². The van der Waals surface area contributed by atoms with Gasteiger partial charge in [-0.1, -0.05) is 152 Å². The summed E-state index contributed by atoms with van der Waals surface area (Å²) >= 11 is 0. The normalized spacial score (nSPS) is 12.4. The summed E-state index contributed by atoms with van der Waals surface area (Å²) in [5.41, 5.74) is 8.87. The maximum atomic E-state index is 5.53. The van der Waals surface area contributed by atoms with Crippen molar-refractivity contribution in [3.8, 4) is 17.2 Å². The molecule has 13 aromatic rings. The monoisotopic (exact) mass is 684 g/mol. The fraction of sp³-hybridized carbons (Fsp3) is 0. The van der Waals surface area contributed by atoms with Gasteiger partial charge in [-0.25, -0.2) is 9.97 Å². The molecule has 0 fully saturated rings. The largest absolute Gasteiger partial charge is 0.307 e. The quantitative estimate of drug-likeness (QED) is 0.182. The van der Waals surface area contributed by atoms with Crippen LogP contribution in [0.4, 0.5) is 0 Å². The van der Waals surface area contributed by atoms with Crippen molar-refractivity contribution in [2.24, 2.45) is 0 Å². The third-order valence-electron chi connectivity index (χ3n) is 11.8. The highest BCUT2D eigenvalue weighted by atomic mass is 15.2.